The zero-order valence-corrected chi connectivity index (χ0v) is 12.7. The van der Waals surface area contributed by atoms with Crippen LogP contribution in [0.25, 0.3) is 22.4 Å². The molecule has 2 aromatic carbocycles. The van der Waals surface area contributed by atoms with Crippen molar-refractivity contribution in [3.05, 3.63) is 48.0 Å². The summed E-state index contributed by atoms with van der Waals surface area (Å²) in [6.45, 7) is 2.73. The average molecular weight is 311 g/mol. The second kappa shape index (κ2) is 6.50. The molecule has 0 saturated carbocycles. The molecule has 0 aliphatic carbocycles. The molecule has 0 fully saturated rings. The summed E-state index contributed by atoms with van der Waals surface area (Å²) in [4.78, 5) is 19.2. The van der Waals surface area contributed by atoms with Gasteiger partial charge in [-0.05, 0) is 36.8 Å². The number of hydroxylamine groups is 1. The summed E-state index contributed by atoms with van der Waals surface area (Å²) in [6, 6.07) is 12.7. The lowest BCUT2D eigenvalue weighted by Gasteiger charge is -2.05. The van der Waals surface area contributed by atoms with E-state index in [4.69, 9.17) is 9.94 Å². The highest BCUT2D eigenvalue weighted by molar-refractivity contribution is 5.97. The monoisotopic (exact) mass is 311 g/mol. The molecule has 0 atom stereocenters. The van der Waals surface area contributed by atoms with Crippen LogP contribution in [0.5, 0.6) is 5.75 Å². The van der Waals surface area contributed by atoms with E-state index in [1.165, 1.54) is 0 Å². The van der Waals surface area contributed by atoms with Crippen LogP contribution in [0.2, 0.25) is 0 Å². The number of aromatic nitrogens is 2. The first-order valence-electron chi connectivity index (χ1n) is 7.38. The maximum Gasteiger partial charge on any atom is 0.274 e. The minimum absolute atomic E-state index is 0.357. The third-order valence-corrected chi connectivity index (χ3v) is 3.43. The van der Waals surface area contributed by atoms with Crippen molar-refractivity contribution in [2.24, 2.45) is 0 Å². The zero-order chi connectivity index (χ0) is 16.2. The number of nitrogens with one attached hydrogen (secondary N) is 2. The Hall–Kier alpha value is -2.86. The number of hydrogen-bond donors (Lipinski definition) is 3. The molecule has 0 aliphatic rings. The molecule has 1 aromatic heterocycles. The van der Waals surface area contributed by atoms with E-state index in [9.17, 15) is 4.79 Å². The van der Waals surface area contributed by atoms with Crippen molar-refractivity contribution in [1.29, 1.82) is 0 Å². The van der Waals surface area contributed by atoms with E-state index in [0.717, 1.165) is 28.8 Å². The van der Waals surface area contributed by atoms with Gasteiger partial charge in [0.2, 0.25) is 0 Å². The van der Waals surface area contributed by atoms with Crippen molar-refractivity contribution in [3.8, 4) is 17.1 Å². The number of H-pyrrole nitrogens is 1. The van der Waals surface area contributed by atoms with Gasteiger partial charge in [-0.15, -0.1) is 0 Å². The fourth-order valence-electron chi connectivity index (χ4n) is 2.31. The van der Waals surface area contributed by atoms with Gasteiger partial charge in [0.25, 0.3) is 5.91 Å². The molecular weight excluding hydrogens is 294 g/mol. The fraction of sp³-hybridized carbons (Fsp3) is 0.176. The van der Waals surface area contributed by atoms with Crippen molar-refractivity contribution in [2.75, 3.05) is 6.61 Å². The first kappa shape index (κ1) is 15.1. The molecular formula is C17H17N3O3. The average Bonchev–Trinajstić information content (AvgIpc) is 3.02. The number of rotatable bonds is 5. The van der Waals surface area contributed by atoms with Crippen LogP contribution in [-0.4, -0.2) is 27.7 Å². The quantitative estimate of drug-likeness (QED) is 0.499. The van der Waals surface area contributed by atoms with Crippen LogP contribution in [0.3, 0.4) is 0 Å². The van der Waals surface area contributed by atoms with Gasteiger partial charge in [0.15, 0.2) is 0 Å². The van der Waals surface area contributed by atoms with E-state index in [1.807, 2.05) is 24.3 Å². The third kappa shape index (κ3) is 3.17. The number of fused-ring (bicyclic) bond motifs is 1. The topological polar surface area (TPSA) is 87.2 Å². The van der Waals surface area contributed by atoms with Gasteiger partial charge in [-0.1, -0.05) is 19.1 Å². The van der Waals surface area contributed by atoms with Crippen LogP contribution in [0.15, 0.2) is 42.5 Å². The smallest absolute Gasteiger partial charge is 0.274 e. The molecule has 1 amide bonds. The Bertz CT molecular complexity index is 842. The normalized spacial score (nSPS) is 10.7. The molecule has 3 aromatic rings. The third-order valence-electron chi connectivity index (χ3n) is 3.43. The molecule has 0 bridgehead atoms. The molecule has 6 nitrogen and oxygen atoms in total. The van der Waals surface area contributed by atoms with Gasteiger partial charge in [-0.2, -0.15) is 0 Å². The molecule has 0 aliphatic heterocycles. The van der Waals surface area contributed by atoms with Crippen molar-refractivity contribution < 1.29 is 14.7 Å². The van der Waals surface area contributed by atoms with E-state index in [0.29, 0.717) is 18.0 Å². The second-order valence-corrected chi connectivity index (χ2v) is 5.13. The summed E-state index contributed by atoms with van der Waals surface area (Å²) >= 11 is 0. The fourth-order valence-corrected chi connectivity index (χ4v) is 2.31. The van der Waals surface area contributed by atoms with Gasteiger partial charge in [-0.3, -0.25) is 10.0 Å². The van der Waals surface area contributed by atoms with Gasteiger partial charge in [0.05, 0.1) is 17.6 Å². The van der Waals surface area contributed by atoms with E-state index in [-0.39, 0.29) is 0 Å². The van der Waals surface area contributed by atoms with Gasteiger partial charge < -0.3 is 9.72 Å². The summed E-state index contributed by atoms with van der Waals surface area (Å²) in [5.74, 6) is 0.937. The maximum atomic E-state index is 11.5. The highest BCUT2D eigenvalue weighted by atomic mass is 16.5. The largest absolute Gasteiger partial charge is 0.494 e. The van der Waals surface area contributed by atoms with Gasteiger partial charge in [0, 0.05) is 11.1 Å². The molecule has 6 heteroatoms. The van der Waals surface area contributed by atoms with E-state index in [2.05, 4.69) is 16.9 Å². The predicted octanol–water partition coefficient (Wildman–Crippen LogP) is 3.14. The van der Waals surface area contributed by atoms with Crippen molar-refractivity contribution in [3.63, 3.8) is 0 Å². The van der Waals surface area contributed by atoms with E-state index in [1.54, 1.807) is 23.7 Å². The summed E-state index contributed by atoms with van der Waals surface area (Å²) < 4.78 is 5.63. The van der Waals surface area contributed by atoms with Crippen molar-refractivity contribution in [2.45, 2.75) is 13.3 Å². The highest BCUT2D eigenvalue weighted by Gasteiger charge is 2.10. The van der Waals surface area contributed by atoms with Crippen LogP contribution in [0, 0.1) is 0 Å². The number of ether oxygens (including phenoxy) is 1. The van der Waals surface area contributed by atoms with Crippen LogP contribution in [0.1, 0.15) is 23.7 Å². The first-order valence-corrected chi connectivity index (χ1v) is 7.38. The first-order chi connectivity index (χ1) is 11.2. The lowest BCUT2D eigenvalue weighted by molar-refractivity contribution is 0.0706. The second-order valence-electron chi connectivity index (χ2n) is 5.13. The molecule has 3 N–H and O–H groups in total. The summed E-state index contributed by atoms with van der Waals surface area (Å²) in [7, 11) is 0. The van der Waals surface area contributed by atoms with E-state index >= 15 is 0 Å². The number of carbonyl (C=O) groups excluding carboxylic acids is 1. The van der Waals surface area contributed by atoms with Gasteiger partial charge >= 0.3 is 0 Å². The molecule has 23 heavy (non-hydrogen) atoms. The molecule has 118 valence electrons. The van der Waals surface area contributed by atoms with Crippen LogP contribution >= 0.6 is 0 Å². The standard InChI is InChI=1S/C17H17N3O3/c1-2-8-23-13-5-3-4-11(9-13)16-18-14-7-6-12(17(21)20-22)10-15(14)19-16/h3-7,9-10,22H,2,8H2,1H3,(H,18,19)(H,20,21). The van der Waals surface area contributed by atoms with Gasteiger partial charge in [0.1, 0.15) is 11.6 Å². The molecule has 1 heterocycles. The predicted molar refractivity (Wildman–Crippen MR) is 86.6 cm³/mol. The zero-order valence-electron chi connectivity index (χ0n) is 12.7. The number of hydrogen-bond acceptors (Lipinski definition) is 4. The Morgan fingerprint density at radius 1 is 1.30 bits per heavy atom. The Morgan fingerprint density at radius 3 is 2.96 bits per heavy atom. The van der Waals surface area contributed by atoms with E-state index < -0.39 is 5.91 Å². The number of aromatic amines is 1. The lowest BCUT2D eigenvalue weighted by atomic mass is 10.2. The number of imidazole rings is 1. The minimum Gasteiger partial charge on any atom is -0.494 e. The molecule has 0 spiro atoms. The summed E-state index contributed by atoms with van der Waals surface area (Å²) in [6.07, 6.45) is 0.949. The molecule has 0 saturated heterocycles. The Balaban J connectivity index is 1.95. The molecule has 0 unspecified atom stereocenters. The van der Waals surface area contributed by atoms with Crippen molar-refractivity contribution in [1.82, 2.24) is 15.4 Å². The van der Waals surface area contributed by atoms with Crippen molar-refractivity contribution >= 4 is 16.9 Å². The maximum absolute atomic E-state index is 11.5. The summed E-state index contributed by atoms with van der Waals surface area (Å²) in [5, 5.41) is 8.71. The highest BCUT2D eigenvalue weighted by Crippen LogP contribution is 2.24. The number of amides is 1. The minimum atomic E-state index is -0.557. The van der Waals surface area contributed by atoms with Gasteiger partial charge in [-0.25, -0.2) is 10.5 Å². The number of carbonyl (C=O) groups is 1. The van der Waals surface area contributed by atoms with Crippen LogP contribution in [-0.2, 0) is 0 Å². The Kier molecular flexibility index (Phi) is 4.25. The summed E-state index contributed by atoms with van der Waals surface area (Å²) in [5.41, 5.74) is 4.35. The molecule has 0 radical (unpaired) electrons. The SMILES string of the molecule is CCCOc1cccc(-c2nc3ccc(C(=O)NO)cc3[nH]2)c1. The lowest BCUT2D eigenvalue weighted by Crippen LogP contribution is -2.18. The number of benzene rings is 2. The molecule has 3 rings (SSSR count). The number of nitrogens with zero attached hydrogens (tertiary/aromatic N) is 1. The van der Waals surface area contributed by atoms with Crippen LogP contribution in [0.4, 0.5) is 0 Å². The Labute approximate surface area is 133 Å². The Morgan fingerprint density at radius 2 is 2.17 bits per heavy atom. The van der Waals surface area contributed by atoms with Crippen LogP contribution < -0.4 is 10.2 Å².